The van der Waals surface area contributed by atoms with Crippen molar-refractivity contribution in [3.8, 4) is 11.8 Å². The Bertz CT molecular complexity index is 425. The molecule has 0 radical (unpaired) electrons. The average Bonchev–Trinajstić information content (AvgIpc) is 2.39. The van der Waals surface area contributed by atoms with Crippen molar-refractivity contribution in [1.29, 1.82) is 0 Å². The number of hydrogen-bond acceptors (Lipinski definition) is 4. The quantitative estimate of drug-likeness (QED) is 0.388. The summed E-state index contributed by atoms with van der Waals surface area (Å²) < 4.78 is 1.35. The number of aliphatic hydroxyl groups excluding tert-OH is 1. The number of nitro groups is 1. The molecule has 0 aliphatic carbocycles. The Morgan fingerprint density at radius 3 is 2.86 bits per heavy atom. The molecule has 0 aliphatic rings. The van der Waals surface area contributed by atoms with E-state index in [0.717, 1.165) is 0 Å². The number of aliphatic hydroxyl groups is 1. The third-order valence-corrected chi connectivity index (χ3v) is 1.75. The normalized spacial score (nSPS) is 9.36. The van der Waals surface area contributed by atoms with E-state index in [9.17, 15) is 10.1 Å². The van der Waals surface area contributed by atoms with Crippen molar-refractivity contribution in [2.45, 2.75) is 6.92 Å². The molecule has 0 spiro atoms. The van der Waals surface area contributed by atoms with Crippen LogP contribution in [0, 0.1) is 28.9 Å². The van der Waals surface area contributed by atoms with Gasteiger partial charge in [0, 0.05) is 6.92 Å². The first-order chi connectivity index (χ1) is 6.57. The number of aromatic nitrogens is 2. The molecule has 0 amide bonds. The number of hydrogen-bond donors (Lipinski definition) is 1. The highest BCUT2D eigenvalue weighted by Crippen LogP contribution is 2.17. The van der Waals surface area contributed by atoms with E-state index in [2.05, 4.69) is 16.8 Å². The lowest BCUT2D eigenvalue weighted by Gasteiger charge is -1.93. The van der Waals surface area contributed by atoms with Crippen LogP contribution in [0.3, 0.4) is 0 Å². The molecule has 0 bridgehead atoms. The predicted molar refractivity (Wildman–Crippen MR) is 48.6 cm³/mol. The van der Waals surface area contributed by atoms with Crippen molar-refractivity contribution < 1.29 is 10.0 Å². The average molecular weight is 195 g/mol. The Labute approximate surface area is 80.3 Å². The van der Waals surface area contributed by atoms with Crippen molar-refractivity contribution in [3.63, 3.8) is 0 Å². The van der Waals surface area contributed by atoms with Crippen LogP contribution in [-0.2, 0) is 7.05 Å². The van der Waals surface area contributed by atoms with Gasteiger partial charge in [-0.15, -0.1) is 0 Å². The van der Waals surface area contributed by atoms with E-state index in [4.69, 9.17) is 5.11 Å². The lowest BCUT2D eigenvalue weighted by Crippen LogP contribution is -1.99. The maximum atomic E-state index is 10.6. The Hall–Kier alpha value is -1.87. The van der Waals surface area contributed by atoms with Gasteiger partial charge in [-0.05, 0) is 10.8 Å². The maximum absolute atomic E-state index is 10.6. The first-order valence-electron chi connectivity index (χ1n) is 3.85. The fourth-order valence-corrected chi connectivity index (χ4v) is 1.01. The number of nitrogens with zero attached hydrogens (tertiary/aromatic N) is 3. The van der Waals surface area contributed by atoms with Crippen molar-refractivity contribution in [2.75, 3.05) is 6.61 Å². The van der Waals surface area contributed by atoms with Crippen LogP contribution in [0.4, 0.5) is 5.82 Å². The van der Waals surface area contributed by atoms with Crippen molar-refractivity contribution in [1.82, 2.24) is 9.55 Å². The minimum absolute atomic E-state index is 0.0871. The van der Waals surface area contributed by atoms with E-state index in [1.165, 1.54) is 4.57 Å². The van der Waals surface area contributed by atoms with Crippen LogP contribution in [-0.4, -0.2) is 26.2 Å². The third kappa shape index (κ3) is 1.72. The molecule has 6 nitrogen and oxygen atoms in total. The summed E-state index contributed by atoms with van der Waals surface area (Å²) in [6.07, 6.45) is 0. The molecule has 1 aromatic heterocycles. The van der Waals surface area contributed by atoms with E-state index in [1.807, 2.05) is 0 Å². The third-order valence-electron chi connectivity index (χ3n) is 1.75. The molecule has 1 rings (SSSR count). The van der Waals surface area contributed by atoms with Gasteiger partial charge in [0.2, 0.25) is 5.69 Å². The van der Waals surface area contributed by atoms with Crippen molar-refractivity contribution >= 4 is 5.82 Å². The molecule has 0 unspecified atom stereocenters. The van der Waals surface area contributed by atoms with Crippen molar-refractivity contribution in [3.05, 3.63) is 21.6 Å². The van der Waals surface area contributed by atoms with Crippen LogP contribution in [0.25, 0.3) is 0 Å². The second kappa shape index (κ2) is 3.89. The summed E-state index contributed by atoms with van der Waals surface area (Å²) in [7, 11) is 1.55. The zero-order valence-electron chi connectivity index (χ0n) is 7.81. The minimum Gasteiger partial charge on any atom is -0.384 e. The smallest absolute Gasteiger partial charge is 0.358 e. The Kier molecular flexibility index (Phi) is 2.84. The first kappa shape index (κ1) is 10.2. The zero-order valence-corrected chi connectivity index (χ0v) is 7.81. The highest BCUT2D eigenvalue weighted by Gasteiger charge is 2.20. The first-order valence-corrected chi connectivity index (χ1v) is 3.85. The van der Waals surface area contributed by atoms with Crippen LogP contribution < -0.4 is 0 Å². The van der Waals surface area contributed by atoms with Crippen LogP contribution in [0.2, 0.25) is 0 Å². The largest absolute Gasteiger partial charge is 0.384 e. The summed E-state index contributed by atoms with van der Waals surface area (Å²) in [6, 6.07) is 0. The van der Waals surface area contributed by atoms with E-state index in [0.29, 0.717) is 5.82 Å². The van der Waals surface area contributed by atoms with Gasteiger partial charge in [0.1, 0.15) is 6.61 Å². The van der Waals surface area contributed by atoms with Gasteiger partial charge in [-0.1, -0.05) is 5.92 Å². The van der Waals surface area contributed by atoms with Gasteiger partial charge in [0.25, 0.3) is 0 Å². The summed E-state index contributed by atoms with van der Waals surface area (Å²) >= 11 is 0. The van der Waals surface area contributed by atoms with Crippen LogP contribution in [0.5, 0.6) is 0 Å². The molecule has 1 N–H and O–H groups in total. The lowest BCUT2D eigenvalue weighted by atomic mass is 10.4. The van der Waals surface area contributed by atoms with Gasteiger partial charge < -0.3 is 15.2 Å². The molecule has 0 aromatic carbocycles. The van der Waals surface area contributed by atoms with Crippen LogP contribution >= 0.6 is 0 Å². The number of rotatable bonds is 1. The van der Waals surface area contributed by atoms with E-state index in [1.54, 1.807) is 14.0 Å². The number of aryl methyl sites for hydroxylation is 1. The molecule has 0 saturated heterocycles. The number of imidazole rings is 1. The SMILES string of the molecule is Cc1nc(C#CCO)c([N+](=O)[O-])n1C. The molecule has 74 valence electrons. The molecule has 0 fully saturated rings. The standard InChI is InChI=1S/C8H9N3O3/c1-6-9-7(4-3-5-12)8(10(6)2)11(13)14/h12H,5H2,1-2H3. The summed E-state index contributed by atoms with van der Waals surface area (Å²) in [5, 5.41) is 19.1. The molecule has 1 heterocycles. The molecule has 14 heavy (non-hydrogen) atoms. The Morgan fingerprint density at radius 1 is 1.71 bits per heavy atom. The topological polar surface area (TPSA) is 81.2 Å². The summed E-state index contributed by atoms with van der Waals surface area (Å²) in [5.41, 5.74) is 0.0871. The predicted octanol–water partition coefficient (Wildman–Crippen LogP) is -0.0195. The molecule has 6 heteroatoms. The fourth-order valence-electron chi connectivity index (χ4n) is 1.01. The van der Waals surface area contributed by atoms with E-state index < -0.39 is 4.92 Å². The van der Waals surface area contributed by atoms with Gasteiger partial charge in [0.05, 0.1) is 7.05 Å². The molecule has 0 saturated carbocycles. The second-order valence-electron chi connectivity index (χ2n) is 2.61. The molecular formula is C8H9N3O3. The molecule has 0 aliphatic heterocycles. The summed E-state index contributed by atoms with van der Waals surface area (Å²) in [4.78, 5) is 14.0. The van der Waals surface area contributed by atoms with E-state index in [-0.39, 0.29) is 18.1 Å². The van der Waals surface area contributed by atoms with Gasteiger partial charge in [0.15, 0.2) is 5.82 Å². The van der Waals surface area contributed by atoms with Crippen molar-refractivity contribution in [2.24, 2.45) is 7.05 Å². The maximum Gasteiger partial charge on any atom is 0.358 e. The minimum atomic E-state index is -0.540. The second-order valence-corrected chi connectivity index (χ2v) is 2.61. The molecule has 1 aromatic rings. The van der Waals surface area contributed by atoms with Crippen LogP contribution in [0.1, 0.15) is 11.5 Å². The van der Waals surface area contributed by atoms with E-state index >= 15 is 0 Å². The monoisotopic (exact) mass is 195 g/mol. The van der Waals surface area contributed by atoms with Gasteiger partial charge in [-0.3, -0.25) is 0 Å². The highest BCUT2D eigenvalue weighted by molar-refractivity contribution is 5.43. The summed E-state index contributed by atoms with van der Waals surface area (Å²) in [5.74, 6) is 5.12. The van der Waals surface area contributed by atoms with Gasteiger partial charge >= 0.3 is 5.82 Å². The Morgan fingerprint density at radius 2 is 2.36 bits per heavy atom. The molecule has 0 atom stereocenters. The fraction of sp³-hybridized carbons (Fsp3) is 0.375. The van der Waals surface area contributed by atoms with Crippen LogP contribution in [0.15, 0.2) is 0 Å². The van der Waals surface area contributed by atoms with Gasteiger partial charge in [-0.25, -0.2) is 4.57 Å². The lowest BCUT2D eigenvalue weighted by molar-refractivity contribution is -0.392. The summed E-state index contributed by atoms with van der Waals surface area (Å²) in [6.45, 7) is 1.31. The Balaban J connectivity index is 3.29. The van der Waals surface area contributed by atoms with Gasteiger partial charge in [-0.2, -0.15) is 4.98 Å². The highest BCUT2D eigenvalue weighted by atomic mass is 16.6. The molecular weight excluding hydrogens is 186 g/mol. The zero-order chi connectivity index (χ0) is 10.7.